The largest absolute Gasteiger partial charge is 0.495 e. The highest BCUT2D eigenvalue weighted by Crippen LogP contribution is 2.45. The number of nitrogens with two attached hydrogens (primary N) is 1. The van der Waals surface area contributed by atoms with Crippen LogP contribution in [0.3, 0.4) is 0 Å². The molecule has 6 nitrogen and oxygen atoms in total. The Bertz CT molecular complexity index is 998. The van der Waals surface area contributed by atoms with Gasteiger partial charge in [-0.2, -0.15) is 0 Å². The third kappa shape index (κ3) is 3.00. The van der Waals surface area contributed by atoms with E-state index in [4.69, 9.17) is 22.1 Å². The number of rotatable bonds is 3. The summed E-state index contributed by atoms with van der Waals surface area (Å²) in [5.41, 5.74) is 5.82. The van der Waals surface area contributed by atoms with Crippen molar-refractivity contribution in [2.75, 3.05) is 12.9 Å². The molecular weight excluding hydrogens is 394 g/mol. The molecule has 1 aliphatic heterocycles. The van der Waals surface area contributed by atoms with Gasteiger partial charge >= 0.3 is 0 Å². The summed E-state index contributed by atoms with van der Waals surface area (Å²) >= 11 is 7.84. The number of methoxy groups -OCH3 is 1. The van der Waals surface area contributed by atoms with Crippen LogP contribution >= 0.6 is 22.9 Å². The van der Waals surface area contributed by atoms with E-state index >= 15 is 0 Å². The number of hydrogen-bond donors (Lipinski definition) is 1. The zero-order valence-corrected chi connectivity index (χ0v) is 17.3. The predicted octanol–water partition coefficient (Wildman–Crippen LogP) is 3.25. The molecule has 0 amide bonds. The lowest BCUT2D eigenvalue weighted by atomic mass is 10.0. The monoisotopic (exact) mass is 413 g/mol. The van der Waals surface area contributed by atoms with Crippen molar-refractivity contribution in [1.82, 2.24) is 4.98 Å². The summed E-state index contributed by atoms with van der Waals surface area (Å²) in [7, 11) is -1.92. The molecule has 0 aliphatic carbocycles. The van der Waals surface area contributed by atoms with E-state index in [-0.39, 0.29) is 11.6 Å². The third-order valence-corrected chi connectivity index (χ3v) is 9.20. The molecule has 0 radical (unpaired) electrons. The highest BCUT2D eigenvalue weighted by Gasteiger charge is 2.49. The summed E-state index contributed by atoms with van der Waals surface area (Å²) in [6.45, 7) is 4.90. The molecule has 0 saturated heterocycles. The van der Waals surface area contributed by atoms with Crippen molar-refractivity contribution >= 4 is 38.6 Å². The van der Waals surface area contributed by atoms with Crippen LogP contribution in [0.1, 0.15) is 25.6 Å². The van der Waals surface area contributed by atoms with Gasteiger partial charge in [-0.05, 0) is 32.9 Å². The molecule has 3 rings (SSSR count). The Labute approximate surface area is 162 Å². The number of hydrogen-bond acceptors (Lipinski definition) is 7. The summed E-state index contributed by atoms with van der Waals surface area (Å²) in [6, 6.07) is 3.64. The second-order valence-corrected chi connectivity index (χ2v) is 10.9. The zero-order chi connectivity index (χ0) is 19.3. The minimum atomic E-state index is -3.49. The highest BCUT2D eigenvalue weighted by atomic mass is 35.5. The quantitative estimate of drug-likeness (QED) is 0.833. The van der Waals surface area contributed by atoms with Crippen molar-refractivity contribution in [3.63, 3.8) is 0 Å². The first kappa shape index (κ1) is 19.1. The molecule has 140 valence electrons. The van der Waals surface area contributed by atoms with Crippen molar-refractivity contribution in [2.24, 2.45) is 10.7 Å². The molecular formula is C17H20ClN3O3S2. The Morgan fingerprint density at radius 2 is 1.96 bits per heavy atom. The zero-order valence-electron chi connectivity index (χ0n) is 14.9. The van der Waals surface area contributed by atoms with Crippen LogP contribution in [-0.2, 0) is 15.4 Å². The van der Waals surface area contributed by atoms with Gasteiger partial charge < -0.3 is 10.5 Å². The number of aromatic nitrogens is 1. The minimum Gasteiger partial charge on any atom is -0.495 e. The van der Waals surface area contributed by atoms with Crippen molar-refractivity contribution in [3.8, 4) is 16.2 Å². The van der Waals surface area contributed by atoms with Gasteiger partial charge in [-0.15, -0.1) is 11.3 Å². The van der Waals surface area contributed by atoms with Crippen molar-refractivity contribution in [1.29, 1.82) is 0 Å². The van der Waals surface area contributed by atoms with Crippen LogP contribution in [0, 0.1) is 0 Å². The summed E-state index contributed by atoms with van der Waals surface area (Å²) in [5, 5.41) is 0.460. The molecule has 0 aromatic carbocycles. The first-order valence-corrected chi connectivity index (χ1v) is 10.7. The number of amidine groups is 1. The first-order valence-electron chi connectivity index (χ1n) is 7.87. The number of ether oxygens (including phenoxy) is 1. The lowest BCUT2D eigenvalue weighted by Crippen LogP contribution is -2.54. The van der Waals surface area contributed by atoms with Crippen LogP contribution in [0.5, 0.6) is 5.75 Å². The molecule has 0 saturated carbocycles. The topological polar surface area (TPSA) is 94.6 Å². The van der Waals surface area contributed by atoms with E-state index in [1.54, 1.807) is 46.3 Å². The number of thiophene rings is 1. The van der Waals surface area contributed by atoms with Crippen LogP contribution in [0.2, 0.25) is 5.02 Å². The standard InChI is InChI=1S/C17H20ClN3O3S2/c1-16(2)15(19)21-17(3,9-26(16,22)23)14-12(18)6-13(25-14)10-5-11(24-4)8-20-7-10/h5-8H,9H2,1-4H3,(H2,19,21). The lowest BCUT2D eigenvalue weighted by Gasteiger charge is -2.37. The molecule has 26 heavy (non-hydrogen) atoms. The van der Waals surface area contributed by atoms with E-state index in [0.717, 1.165) is 10.4 Å². The van der Waals surface area contributed by atoms with E-state index in [2.05, 4.69) is 9.98 Å². The van der Waals surface area contributed by atoms with Crippen LogP contribution < -0.4 is 10.5 Å². The Balaban J connectivity index is 2.11. The third-order valence-electron chi connectivity index (χ3n) is 4.64. The van der Waals surface area contributed by atoms with Crippen molar-refractivity contribution in [2.45, 2.75) is 31.1 Å². The van der Waals surface area contributed by atoms with E-state index in [1.165, 1.54) is 11.3 Å². The van der Waals surface area contributed by atoms with Crippen molar-refractivity contribution in [3.05, 3.63) is 34.4 Å². The smallest absolute Gasteiger partial charge is 0.165 e. The number of nitrogens with zero attached hydrogens (tertiary/aromatic N) is 2. The Hall–Kier alpha value is -1.64. The molecule has 2 aromatic heterocycles. The fourth-order valence-corrected chi connectivity index (χ4v) is 6.18. The molecule has 0 spiro atoms. The minimum absolute atomic E-state index is 0.0975. The van der Waals surface area contributed by atoms with Gasteiger partial charge in [0.2, 0.25) is 0 Å². The molecule has 0 fully saturated rings. The molecule has 1 aliphatic rings. The fraction of sp³-hybridized carbons (Fsp3) is 0.412. The molecule has 0 bridgehead atoms. The maximum absolute atomic E-state index is 12.7. The van der Waals surface area contributed by atoms with E-state index in [0.29, 0.717) is 15.6 Å². The van der Waals surface area contributed by atoms with Gasteiger partial charge in [0.25, 0.3) is 0 Å². The Morgan fingerprint density at radius 1 is 1.27 bits per heavy atom. The Morgan fingerprint density at radius 3 is 2.58 bits per heavy atom. The molecule has 1 unspecified atom stereocenters. The maximum Gasteiger partial charge on any atom is 0.165 e. The normalized spacial score (nSPS) is 24.1. The van der Waals surface area contributed by atoms with Crippen LogP contribution in [0.25, 0.3) is 10.4 Å². The van der Waals surface area contributed by atoms with E-state index in [9.17, 15) is 8.42 Å². The predicted molar refractivity (Wildman–Crippen MR) is 106 cm³/mol. The van der Waals surface area contributed by atoms with Crippen LogP contribution in [0.15, 0.2) is 29.5 Å². The van der Waals surface area contributed by atoms with Crippen LogP contribution in [0.4, 0.5) is 0 Å². The van der Waals surface area contributed by atoms with Gasteiger partial charge in [-0.3, -0.25) is 9.98 Å². The van der Waals surface area contributed by atoms with Gasteiger partial charge in [-0.25, -0.2) is 8.42 Å². The van der Waals surface area contributed by atoms with E-state index in [1.807, 2.05) is 6.07 Å². The molecule has 1 atom stereocenters. The first-order chi connectivity index (χ1) is 12.0. The molecule has 9 heteroatoms. The lowest BCUT2D eigenvalue weighted by molar-refractivity contribution is 0.413. The van der Waals surface area contributed by atoms with Gasteiger partial charge in [0, 0.05) is 16.6 Å². The average Bonchev–Trinajstić information content (AvgIpc) is 2.95. The van der Waals surface area contributed by atoms with Gasteiger partial charge in [-0.1, -0.05) is 11.6 Å². The SMILES string of the molecule is COc1cncc(-c2cc(Cl)c(C3(C)CS(=O)(=O)C(C)(C)C(N)=N3)s2)c1. The second kappa shape index (κ2) is 6.21. The summed E-state index contributed by atoms with van der Waals surface area (Å²) in [5.74, 6) is 0.577. The number of sulfone groups is 1. The second-order valence-electron chi connectivity index (χ2n) is 6.94. The molecule has 2 N–H and O–H groups in total. The number of pyridine rings is 1. The maximum atomic E-state index is 12.7. The summed E-state index contributed by atoms with van der Waals surface area (Å²) in [4.78, 5) is 10.2. The van der Waals surface area contributed by atoms with Gasteiger partial charge in [0.15, 0.2) is 9.84 Å². The number of aliphatic imine (C=N–C) groups is 1. The summed E-state index contributed by atoms with van der Waals surface area (Å²) < 4.78 is 29.5. The van der Waals surface area contributed by atoms with Gasteiger partial charge in [0.1, 0.15) is 21.9 Å². The van der Waals surface area contributed by atoms with E-state index < -0.39 is 20.1 Å². The summed E-state index contributed by atoms with van der Waals surface area (Å²) in [6.07, 6.45) is 3.32. The highest BCUT2D eigenvalue weighted by molar-refractivity contribution is 7.93. The number of halogens is 1. The van der Waals surface area contributed by atoms with Crippen molar-refractivity contribution < 1.29 is 13.2 Å². The molecule has 2 aromatic rings. The fourth-order valence-electron chi connectivity index (χ4n) is 2.80. The Kier molecular flexibility index (Phi) is 4.57. The molecule has 3 heterocycles. The van der Waals surface area contributed by atoms with Gasteiger partial charge in [0.05, 0.1) is 29.0 Å². The average molecular weight is 414 g/mol. The van der Waals surface area contributed by atoms with Crippen LogP contribution in [-0.4, -0.2) is 36.8 Å².